The minimum Gasteiger partial charge on any atom is -0.386 e. The Morgan fingerprint density at radius 1 is 1.33 bits per heavy atom. The zero-order valence-corrected chi connectivity index (χ0v) is 15.0. The summed E-state index contributed by atoms with van der Waals surface area (Å²) in [5.41, 5.74) is 2.39. The molecule has 0 radical (unpaired) electrons. The number of hydrogen-bond acceptors (Lipinski definition) is 3. The molecular weight excluding hydrogens is 370 g/mol. The molecule has 0 bridgehead atoms. The number of nitrogens with one attached hydrogen (secondary N) is 2. The van der Waals surface area contributed by atoms with Crippen molar-refractivity contribution in [2.45, 2.75) is 24.8 Å². The van der Waals surface area contributed by atoms with E-state index in [0.717, 1.165) is 27.4 Å². The quantitative estimate of drug-likeness (QED) is 0.593. The maximum atomic E-state index is 12.3. The number of benzene rings is 1. The molecule has 2 aromatic heterocycles. The summed E-state index contributed by atoms with van der Waals surface area (Å²) in [5, 5.41) is 14.5. The second-order valence-corrected chi connectivity index (χ2v) is 6.71. The third kappa shape index (κ3) is 3.34. The molecule has 3 aromatic rings. The number of aliphatic hydroxyl groups is 1. The van der Waals surface area contributed by atoms with Crippen molar-refractivity contribution in [1.82, 2.24) is 9.97 Å². The van der Waals surface area contributed by atoms with E-state index in [9.17, 15) is 9.90 Å². The van der Waals surface area contributed by atoms with Crippen LogP contribution in [-0.2, 0) is 10.9 Å². The Bertz CT molecular complexity index is 879. The predicted octanol–water partition coefficient (Wildman–Crippen LogP) is 3.94. The molecule has 0 aliphatic rings. The molecule has 0 fully saturated rings. The average Bonchev–Trinajstić information content (AvgIpc) is 2.96. The normalized spacial score (nSPS) is 11.7. The predicted molar refractivity (Wildman–Crippen MR) is 98.4 cm³/mol. The first-order chi connectivity index (χ1) is 11.4. The summed E-state index contributed by atoms with van der Waals surface area (Å²) in [6, 6.07) is 8.69. The molecular formula is C18H18BrN3O2. The van der Waals surface area contributed by atoms with E-state index in [4.69, 9.17) is 0 Å². The molecule has 1 amide bonds. The van der Waals surface area contributed by atoms with Crippen LogP contribution in [0.4, 0.5) is 5.82 Å². The summed E-state index contributed by atoms with van der Waals surface area (Å²) >= 11 is 3.43. The summed E-state index contributed by atoms with van der Waals surface area (Å²) in [6.45, 7) is 3.41. The highest BCUT2D eigenvalue weighted by Crippen LogP contribution is 2.23. The smallest absolute Gasteiger partial charge is 0.256 e. The van der Waals surface area contributed by atoms with Gasteiger partial charge in [-0.1, -0.05) is 28.1 Å². The van der Waals surface area contributed by atoms with E-state index in [1.165, 1.54) is 0 Å². The SMILES string of the molecule is CC(C)(O)c1ccc(C(=O)Nc2cc3[nH]cc(CBr)c3cn2)cc1. The molecule has 0 spiro atoms. The maximum Gasteiger partial charge on any atom is 0.256 e. The highest BCUT2D eigenvalue weighted by atomic mass is 79.9. The van der Waals surface area contributed by atoms with Gasteiger partial charge in [-0.2, -0.15) is 0 Å². The van der Waals surface area contributed by atoms with Crippen LogP contribution in [-0.4, -0.2) is 21.0 Å². The van der Waals surface area contributed by atoms with Crippen LogP contribution in [0.1, 0.15) is 35.3 Å². The molecule has 0 aliphatic heterocycles. The number of pyridine rings is 1. The van der Waals surface area contributed by atoms with Crippen molar-refractivity contribution in [2.24, 2.45) is 0 Å². The zero-order valence-electron chi connectivity index (χ0n) is 13.4. The maximum absolute atomic E-state index is 12.3. The Labute approximate surface area is 148 Å². The van der Waals surface area contributed by atoms with Gasteiger partial charge < -0.3 is 15.4 Å². The standard InChI is InChI=1S/C18H18BrN3O2/c1-18(2,24)13-5-3-11(4-6-13)17(23)22-16-7-15-14(10-21-16)12(8-19)9-20-15/h3-7,9-10,20,24H,8H2,1-2H3,(H,21,22,23). The number of alkyl halides is 1. The molecule has 5 nitrogen and oxygen atoms in total. The van der Waals surface area contributed by atoms with Gasteiger partial charge in [0.15, 0.2) is 0 Å². The average molecular weight is 388 g/mol. The van der Waals surface area contributed by atoms with Crippen molar-refractivity contribution >= 4 is 38.6 Å². The van der Waals surface area contributed by atoms with Crippen LogP contribution in [0.25, 0.3) is 10.9 Å². The first-order valence-electron chi connectivity index (χ1n) is 7.55. The number of aromatic amines is 1. The van der Waals surface area contributed by atoms with Crippen molar-refractivity contribution in [3.05, 3.63) is 59.4 Å². The lowest BCUT2D eigenvalue weighted by atomic mass is 9.97. The number of fused-ring (bicyclic) bond motifs is 1. The molecule has 124 valence electrons. The third-order valence-corrected chi connectivity index (χ3v) is 4.50. The van der Waals surface area contributed by atoms with Crippen LogP contribution in [0, 0.1) is 0 Å². The van der Waals surface area contributed by atoms with Gasteiger partial charge >= 0.3 is 0 Å². The first-order valence-corrected chi connectivity index (χ1v) is 8.67. The minimum atomic E-state index is -0.928. The van der Waals surface area contributed by atoms with Gasteiger partial charge in [0, 0.05) is 34.7 Å². The summed E-state index contributed by atoms with van der Waals surface area (Å²) in [7, 11) is 0. The number of amides is 1. The van der Waals surface area contributed by atoms with Gasteiger partial charge in [-0.05, 0) is 37.1 Å². The lowest BCUT2D eigenvalue weighted by Crippen LogP contribution is -2.17. The van der Waals surface area contributed by atoms with Gasteiger partial charge in [0.2, 0.25) is 0 Å². The summed E-state index contributed by atoms with van der Waals surface area (Å²) < 4.78 is 0. The van der Waals surface area contributed by atoms with Gasteiger partial charge in [0.05, 0.1) is 11.1 Å². The lowest BCUT2D eigenvalue weighted by Gasteiger charge is -2.17. The van der Waals surface area contributed by atoms with Gasteiger partial charge in [0.1, 0.15) is 5.82 Å². The molecule has 6 heteroatoms. The summed E-state index contributed by atoms with van der Waals surface area (Å²) in [5.74, 6) is 0.249. The Kier molecular flexibility index (Phi) is 4.43. The second kappa shape index (κ2) is 6.37. The van der Waals surface area contributed by atoms with Crippen molar-refractivity contribution in [2.75, 3.05) is 5.32 Å². The molecule has 1 aromatic carbocycles. The topological polar surface area (TPSA) is 78.0 Å². The van der Waals surface area contributed by atoms with Crippen molar-refractivity contribution < 1.29 is 9.90 Å². The van der Waals surface area contributed by atoms with E-state index in [1.54, 1.807) is 44.3 Å². The molecule has 0 unspecified atom stereocenters. The molecule has 0 saturated heterocycles. The Morgan fingerprint density at radius 3 is 2.67 bits per heavy atom. The molecule has 0 aliphatic carbocycles. The van der Waals surface area contributed by atoms with E-state index in [2.05, 4.69) is 31.2 Å². The fourth-order valence-electron chi connectivity index (χ4n) is 2.47. The molecule has 0 atom stereocenters. The number of nitrogens with zero attached hydrogens (tertiary/aromatic N) is 1. The van der Waals surface area contributed by atoms with Crippen LogP contribution >= 0.6 is 15.9 Å². The van der Waals surface area contributed by atoms with Crippen LogP contribution in [0.15, 0.2) is 42.7 Å². The number of aromatic nitrogens is 2. The zero-order chi connectivity index (χ0) is 17.3. The monoisotopic (exact) mass is 387 g/mol. The van der Waals surface area contributed by atoms with Gasteiger partial charge in [-0.3, -0.25) is 4.79 Å². The molecule has 24 heavy (non-hydrogen) atoms. The van der Waals surface area contributed by atoms with E-state index >= 15 is 0 Å². The Morgan fingerprint density at radius 2 is 2.04 bits per heavy atom. The van der Waals surface area contributed by atoms with Crippen LogP contribution in [0.5, 0.6) is 0 Å². The Balaban J connectivity index is 1.79. The van der Waals surface area contributed by atoms with Crippen molar-refractivity contribution in [3.8, 4) is 0 Å². The van der Waals surface area contributed by atoms with E-state index in [-0.39, 0.29) is 5.91 Å². The van der Waals surface area contributed by atoms with Crippen LogP contribution < -0.4 is 5.32 Å². The largest absolute Gasteiger partial charge is 0.386 e. The van der Waals surface area contributed by atoms with Crippen LogP contribution in [0.3, 0.4) is 0 Å². The van der Waals surface area contributed by atoms with Gasteiger partial charge in [0.25, 0.3) is 5.91 Å². The summed E-state index contributed by atoms with van der Waals surface area (Å²) in [6.07, 6.45) is 3.66. The van der Waals surface area contributed by atoms with E-state index in [1.807, 2.05) is 12.3 Å². The summed E-state index contributed by atoms with van der Waals surface area (Å²) in [4.78, 5) is 19.8. The second-order valence-electron chi connectivity index (χ2n) is 6.15. The number of H-pyrrole nitrogens is 1. The van der Waals surface area contributed by atoms with Crippen LogP contribution in [0.2, 0.25) is 0 Å². The third-order valence-electron chi connectivity index (χ3n) is 3.89. The van der Waals surface area contributed by atoms with Crippen molar-refractivity contribution in [1.29, 1.82) is 0 Å². The van der Waals surface area contributed by atoms with E-state index in [0.29, 0.717) is 11.4 Å². The molecule has 2 heterocycles. The minimum absolute atomic E-state index is 0.239. The number of halogens is 1. The highest BCUT2D eigenvalue weighted by molar-refractivity contribution is 9.08. The molecule has 0 saturated carbocycles. The number of carbonyl (C=O) groups excluding carboxylic acids is 1. The lowest BCUT2D eigenvalue weighted by molar-refractivity contribution is 0.0785. The first kappa shape index (κ1) is 16.7. The number of rotatable bonds is 4. The number of anilines is 1. The molecule has 3 N–H and O–H groups in total. The molecule has 3 rings (SSSR count). The fraction of sp³-hybridized carbons (Fsp3) is 0.222. The highest BCUT2D eigenvalue weighted by Gasteiger charge is 2.16. The van der Waals surface area contributed by atoms with Gasteiger partial charge in [-0.15, -0.1) is 0 Å². The van der Waals surface area contributed by atoms with Crippen molar-refractivity contribution in [3.63, 3.8) is 0 Å². The Hall–Kier alpha value is -2.18. The van der Waals surface area contributed by atoms with Gasteiger partial charge in [-0.25, -0.2) is 4.98 Å². The number of carbonyl (C=O) groups is 1. The van der Waals surface area contributed by atoms with E-state index < -0.39 is 5.60 Å². The number of hydrogen-bond donors (Lipinski definition) is 3. The fourth-order valence-corrected chi connectivity index (χ4v) is 2.93.